The zero-order chi connectivity index (χ0) is 13.1. The van der Waals surface area contributed by atoms with Crippen LogP contribution in [0.2, 0.25) is 0 Å². The summed E-state index contributed by atoms with van der Waals surface area (Å²) in [6.45, 7) is 1.88. The molecule has 0 saturated heterocycles. The van der Waals surface area contributed by atoms with E-state index in [-0.39, 0.29) is 5.82 Å². The predicted molar refractivity (Wildman–Crippen MR) is 70.0 cm³/mol. The number of anilines is 1. The van der Waals surface area contributed by atoms with Crippen LogP contribution in [0.25, 0.3) is 11.1 Å². The molecule has 2 rings (SSSR count). The van der Waals surface area contributed by atoms with Crippen LogP contribution in [0.15, 0.2) is 30.5 Å². The van der Waals surface area contributed by atoms with E-state index in [1.54, 1.807) is 25.4 Å². The third-order valence-corrected chi connectivity index (χ3v) is 2.91. The second-order valence-electron chi connectivity index (χ2n) is 3.93. The van der Waals surface area contributed by atoms with E-state index >= 15 is 0 Å². The number of rotatable bonds is 3. The summed E-state index contributed by atoms with van der Waals surface area (Å²) in [7, 11) is 1.55. The number of nitrogen functional groups attached to an aromatic ring is 1. The van der Waals surface area contributed by atoms with Crippen molar-refractivity contribution in [2.45, 2.75) is 13.3 Å². The van der Waals surface area contributed by atoms with Crippen molar-refractivity contribution < 1.29 is 9.13 Å². The Balaban J connectivity index is 2.57. The number of nitrogens with zero attached hydrogens (tertiary/aromatic N) is 1. The topological polar surface area (TPSA) is 48.1 Å². The number of nitrogens with two attached hydrogens (primary N) is 1. The summed E-state index contributed by atoms with van der Waals surface area (Å²) in [4.78, 5) is 4.04. The van der Waals surface area contributed by atoms with E-state index in [9.17, 15) is 4.39 Å². The highest BCUT2D eigenvalue weighted by Gasteiger charge is 2.11. The van der Waals surface area contributed by atoms with Gasteiger partial charge in [0.2, 0.25) is 5.88 Å². The number of pyridine rings is 1. The second-order valence-corrected chi connectivity index (χ2v) is 3.93. The SMILES string of the molecule is CCc1c(F)ccc(-c2ccnc(OC)c2)c1N. The summed E-state index contributed by atoms with van der Waals surface area (Å²) in [5.41, 5.74) is 8.71. The molecule has 94 valence electrons. The maximum absolute atomic E-state index is 13.6. The van der Waals surface area contributed by atoms with Gasteiger partial charge in [-0.05, 0) is 30.2 Å². The molecule has 0 unspecified atom stereocenters. The number of ether oxygens (including phenoxy) is 1. The Morgan fingerprint density at radius 2 is 2.11 bits per heavy atom. The molecule has 3 nitrogen and oxygen atoms in total. The molecule has 0 bridgehead atoms. The van der Waals surface area contributed by atoms with Crippen molar-refractivity contribution in [3.05, 3.63) is 41.8 Å². The Hall–Kier alpha value is -2.10. The summed E-state index contributed by atoms with van der Waals surface area (Å²) < 4.78 is 18.6. The van der Waals surface area contributed by atoms with E-state index < -0.39 is 0 Å². The molecule has 1 aromatic carbocycles. The summed E-state index contributed by atoms with van der Waals surface area (Å²) in [6, 6.07) is 6.73. The summed E-state index contributed by atoms with van der Waals surface area (Å²) in [5, 5.41) is 0. The maximum Gasteiger partial charge on any atom is 0.213 e. The van der Waals surface area contributed by atoms with Crippen LogP contribution in [0.5, 0.6) is 5.88 Å². The van der Waals surface area contributed by atoms with Crippen LogP contribution in [0, 0.1) is 5.82 Å². The molecule has 0 fully saturated rings. The molecule has 2 N–H and O–H groups in total. The summed E-state index contributed by atoms with van der Waals surface area (Å²) in [6.07, 6.45) is 2.20. The average Bonchev–Trinajstić information content (AvgIpc) is 2.39. The van der Waals surface area contributed by atoms with Gasteiger partial charge < -0.3 is 10.5 Å². The van der Waals surface area contributed by atoms with Gasteiger partial charge in [-0.1, -0.05) is 6.92 Å². The smallest absolute Gasteiger partial charge is 0.213 e. The largest absolute Gasteiger partial charge is 0.481 e. The molecule has 0 saturated carbocycles. The molecular formula is C14H15FN2O. The highest BCUT2D eigenvalue weighted by Crippen LogP contribution is 2.31. The maximum atomic E-state index is 13.6. The minimum Gasteiger partial charge on any atom is -0.481 e. The third-order valence-electron chi connectivity index (χ3n) is 2.91. The molecule has 18 heavy (non-hydrogen) atoms. The van der Waals surface area contributed by atoms with E-state index in [1.807, 2.05) is 13.0 Å². The van der Waals surface area contributed by atoms with E-state index in [0.29, 0.717) is 23.6 Å². The van der Waals surface area contributed by atoms with E-state index in [4.69, 9.17) is 10.5 Å². The van der Waals surface area contributed by atoms with Crippen LogP contribution in [-0.2, 0) is 6.42 Å². The average molecular weight is 246 g/mol. The Bertz CT molecular complexity index is 570. The number of hydrogen-bond acceptors (Lipinski definition) is 3. The quantitative estimate of drug-likeness (QED) is 0.847. The highest BCUT2D eigenvalue weighted by atomic mass is 19.1. The number of methoxy groups -OCH3 is 1. The minimum absolute atomic E-state index is 0.264. The van der Waals surface area contributed by atoms with Crippen LogP contribution in [0.1, 0.15) is 12.5 Å². The molecule has 4 heteroatoms. The number of benzene rings is 1. The van der Waals surface area contributed by atoms with Gasteiger partial charge in [0.25, 0.3) is 0 Å². The van der Waals surface area contributed by atoms with E-state index in [0.717, 1.165) is 11.1 Å². The first-order valence-electron chi connectivity index (χ1n) is 5.74. The fraction of sp³-hybridized carbons (Fsp3) is 0.214. The molecular weight excluding hydrogens is 231 g/mol. The van der Waals surface area contributed by atoms with Crippen molar-refractivity contribution in [1.29, 1.82) is 0 Å². The zero-order valence-electron chi connectivity index (χ0n) is 10.4. The predicted octanol–water partition coefficient (Wildman–Crippen LogP) is 3.04. The van der Waals surface area contributed by atoms with Crippen LogP contribution in [0.4, 0.5) is 10.1 Å². The molecule has 1 heterocycles. The lowest BCUT2D eigenvalue weighted by Crippen LogP contribution is -2.00. The van der Waals surface area contributed by atoms with Gasteiger partial charge in [-0.2, -0.15) is 0 Å². The highest BCUT2D eigenvalue weighted by molar-refractivity contribution is 5.79. The van der Waals surface area contributed by atoms with Crippen molar-refractivity contribution in [3.8, 4) is 17.0 Å². The Morgan fingerprint density at radius 1 is 1.33 bits per heavy atom. The van der Waals surface area contributed by atoms with Crippen LogP contribution in [-0.4, -0.2) is 12.1 Å². The molecule has 0 amide bonds. The van der Waals surface area contributed by atoms with Gasteiger partial charge in [-0.15, -0.1) is 0 Å². The molecule has 1 aromatic heterocycles. The van der Waals surface area contributed by atoms with Crippen molar-refractivity contribution in [2.75, 3.05) is 12.8 Å². The van der Waals surface area contributed by atoms with Gasteiger partial charge in [-0.25, -0.2) is 9.37 Å². The molecule has 0 aliphatic carbocycles. The van der Waals surface area contributed by atoms with Crippen LogP contribution < -0.4 is 10.5 Å². The lowest BCUT2D eigenvalue weighted by molar-refractivity contribution is 0.398. The fourth-order valence-corrected chi connectivity index (χ4v) is 1.94. The van der Waals surface area contributed by atoms with Gasteiger partial charge >= 0.3 is 0 Å². The minimum atomic E-state index is -0.264. The zero-order valence-corrected chi connectivity index (χ0v) is 10.4. The van der Waals surface area contributed by atoms with Gasteiger partial charge in [0, 0.05) is 29.1 Å². The van der Waals surface area contributed by atoms with E-state index in [1.165, 1.54) is 6.07 Å². The van der Waals surface area contributed by atoms with E-state index in [2.05, 4.69) is 4.98 Å². The van der Waals surface area contributed by atoms with Crippen molar-refractivity contribution in [1.82, 2.24) is 4.98 Å². The molecule has 0 aliphatic rings. The lowest BCUT2D eigenvalue weighted by Gasteiger charge is -2.11. The number of hydrogen-bond donors (Lipinski definition) is 1. The second kappa shape index (κ2) is 5.04. The monoisotopic (exact) mass is 246 g/mol. The first-order chi connectivity index (χ1) is 8.67. The number of halogens is 1. The molecule has 0 radical (unpaired) electrons. The lowest BCUT2D eigenvalue weighted by atomic mass is 9.99. The number of aromatic nitrogens is 1. The normalized spacial score (nSPS) is 10.4. The van der Waals surface area contributed by atoms with Crippen molar-refractivity contribution in [2.24, 2.45) is 0 Å². The van der Waals surface area contributed by atoms with Gasteiger partial charge in [0.1, 0.15) is 5.82 Å². The Morgan fingerprint density at radius 3 is 2.78 bits per heavy atom. The molecule has 2 aromatic rings. The standard InChI is InChI=1S/C14H15FN2O/c1-3-10-12(15)5-4-11(14(10)16)9-6-7-17-13(8-9)18-2/h4-8H,3,16H2,1-2H3. The first kappa shape index (κ1) is 12.4. The fourth-order valence-electron chi connectivity index (χ4n) is 1.94. The van der Waals surface area contributed by atoms with Crippen molar-refractivity contribution in [3.63, 3.8) is 0 Å². The van der Waals surface area contributed by atoms with Gasteiger partial charge in [-0.3, -0.25) is 0 Å². The Kier molecular flexibility index (Phi) is 3.46. The van der Waals surface area contributed by atoms with Crippen LogP contribution in [0.3, 0.4) is 0 Å². The summed E-state index contributed by atoms with van der Waals surface area (Å²) in [5.74, 6) is 0.244. The molecule has 0 atom stereocenters. The first-order valence-corrected chi connectivity index (χ1v) is 5.74. The third kappa shape index (κ3) is 2.14. The Labute approximate surface area is 105 Å². The van der Waals surface area contributed by atoms with Gasteiger partial charge in [0.05, 0.1) is 7.11 Å². The molecule has 0 spiro atoms. The van der Waals surface area contributed by atoms with Crippen molar-refractivity contribution >= 4 is 5.69 Å². The summed E-state index contributed by atoms with van der Waals surface area (Å²) >= 11 is 0. The molecule has 0 aliphatic heterocycles. The van der Waals surface area contributed by atoms with Gasteiger partial charge in [0.15, 0.2) is 0 Å². The van der Waals surface area contributed by atoms with Crippen LogP contribution >= 0.6 is 0 Å².